The van der Waals surface area contributed by atoms with Gasteiger partial charge >= 0.3 is 5.97 Å². The molecule has 0 amide bonds. The highest BCUT2D eigenvalue weighted by Crippen LogP contribution is 2.12. The lowest BCUT2D eigenvalue weighted by Gasteiger charge is -2.07. The lowest BCUT2D eigenvalue weighted by molar-refractivity contribution is -0.142. The normalized spacial score (nSPS) is 12.6. The largest absolute Gasteiger partial charge is 0.465 e. The van der Waals surface area contributed by atoms with Crippen LogP contribution in [0.25, 0.3) is 0 Å². The molecule has 0 saturated heterocycles. The van der Waals surface area contributed by atoms with Crippen molar-refractivity contribution in [1.82, 2.24) is 0 Å². The highest BCUT2D eigenvalue weighted by molar-refractivity contribution is 9.10. The van der Waals surface area contributed by atoms with Crippen LogP contribution in [0.3, 0.4) is 0 Å². The molecule has 0 aliphatic rings. The minimum absolute atomic E-state index is 0.107. The summed E-state index contributed by atoms with van der Waals surface area (Å²) >= 11 is 3.30. The van der Waals surface area contributed by atoms with Gasteiger partial charge in [0.25, 0.3) is 0 Å². The van der Waals surface area contributed by atoms with E-state index in [0.29, 0.717) is 6.61 Å². The number of carbonyl (C=O) groups is 1. The van der Waals surface area contributed by atoms with Crippen LogP contribution >= 0.6 is 15.9 Å². The summed E-state index contributed by atoms with van der Waals surface area (Å²) in [5.74, 6) is -0.131. The Balaban J connectivity index is 3.42. The number of ether oxygens (including phenoxy) is 1. The number of esters is 1. The van der Waals surface area contributed by atoms with Gasteiger partial charge in [-0.15, -0.1) is 0 Å². The molecule has 2 nitrogen and oxygen atoms in total. The maximum absolute atomic E-state index is 11.1. The van der Waals surface area contributed by atoms with Crippen molar-refractivity contribution >= 4 is 21.9 Å². The minimum Gasteiger partial charge on any atom is -0.465 e. The van der Waals surface area contributed by atoms with E-state index in [1.807, 2.05) is 6.92 Å². The van der Waals surface area contributed by atoms with Crippen molar-refractivity contribution in [2.75, 3.05) is 6.61 Å². The first kappa shape index (κ1) is 11.9. The van der Waals surface area contributed by atoms with Gasteiger partial charge in [-0.05, 0) is 13.3 Å². The molecule has 0 aliphatic carbocycles. The second kappa shape index (κ2) is 7.59. The van der Waals surface area contributed by atoms with E-state index in [2.05, 4.69) is 22.9 Å². The highest BCUT2D eigenvalue weighted by atomic mass is 79.9. The maximum atomic E-state index is 11.1. The second-order valence-electron chi connectivity index (χ2n) is 2.72. The molecular formula is C9H17BrO2. The molecule has 0 aliphatic heterocycles. The molecular weight excluding hydrogens is 220 g/mol. The Bertz CT molecular complexity index is 126. The summed E-state index contributed by atoms with van der Waals surface area (Å²) in [7, 11) is 0. The van der Waals surface area contributed by atoms with Crippen molar-refractivity contribution < 1.29 is 9.53 Å². The van der Waals surface area contributed by atoms with Crippen molar-refractivity contribution in [3.05, 3.63) is 0 Å². The quantitative estimate of drug-likeness (QED) is 0.403. The third kappa shape index (κ3) is 5.58. The Kier molecular flexibility index (Phi) is 7.56. The van der Waals surface area contributed by atoms with Crippen molar-refractivity contribution in [2.24, 2.45) is 0 Å². The summed E-state index contributed by atoms with van der Waals surface area (Å²) in [6, 6.07) is 0. The SMILES string of the molecule is CCCCCC(Br)C(=O)OCC. The van der Waals surface area contributed by atoms with Gasteiger partial charge in [0.2, 0.25) is 0 Å². The van der Waals surface area contributed by atoms with E-state index >= 15 is 0 Å². The summed E-state index contributed by atoms with van der Waals surface area (Å²) in [5.41, 5.74) is 0. The van der Waals surface area contributed by atoms with E-state index in [-0.39, 0.29) is 10.8 Å². The number of alkyl halides is 1. The topological polar surface area (TPSA) is 26.3 Å². The summed E-state index contributed by atoms with van der Waals surface area (Å²) in [6.45, 7) is 4.44. The molecule has 0 aromatic rings. The predicted octanol–water partition coefficient (Wildman–Crippen LogP) is 2.89. The third-order valence-electron chi connectivity index (χ3n) is 1.60. The third-order valence-corrected chi connectivity index (χ3v) is 2.44. The molecule has 0 radical (unpaired) electrons. The van der Waals surface area contributed by atoms with E-state index < -0.39 is 0 Å². The van der Waals surface area contributed by atoms with E-state index in [0.717, 1.165) is 12.8 Å². The Labute approximate surface area is 82.8 Å². The van der Waals surface area contributed by atoms with Crippen molar-refractivity contribution in [2.45, 2.75) is 44.4 Å². The maximum Gasteiger partial charge on any atom is 0.319 e. The number of hydrogen-bond acceptors (Lipinski definition) is 2. The Morgan fingerprint density at radius 3 is 2.58 bits per heavy atom. The van der Waals surface area contributed by atoms with Gasteiger partial charge in [-0.2, -0.15) is 0 Å². The van der Waals surface area contributed by atoms with Gasteiger partial charge in [0, 0.05) is 0 Å². The van der Waals surface area contributed by atoms with Crippen LogP contribution in [0.2, 0.25) is 0 Å². The molecule has 0 N–H and O–H groups in total. The molecule has 1 atom stereocenters. The fourth-order valence-corrected chi connectivity index (χ4v) is 1.38. The van der Waals surface area contributed by atoms with Gasteiger partial charge in [-0.3, -0.25) is 4.79 Å². The zero-order valence-corrected chi connectivity index (χ0v) is 9.39. The molecule has 1 unspecified atom stereocenters. The molecule has 72 valence electrons. The standard InChI is InChI=1S/C9H17BrO2/c1-3-5-6-7-8(10)9(11)12-4-2/h8H,3-7H2,1-2H3. The van der Waals surface area contributed by atoms with Crippen molar-refractivity contribution in [3.63, 3.8) is 0 Å². The first-order valence-electron chi connectivity index (χ1n) is 4.53. The van der Waals surface area contributed by atoms with Crippen molar-refractivity contribution in [3.8, 4) is 0 Å². The number of rotatable bonds is 6. The lowest BCUT2D eigenvalue weighted by Crippen LogP contribution is -2.17. The van der Waals surface area contributed by atoms with Gasteiger partial charge in [0.15, 0.2) is 0 Å². The molecule has 0 spiro atoms. The zero-order chi connectivity index (χ0) is 9.40. The molecule has 0 bridgehead atoms. The molecule has 0 fully saturated rings. The summed E-state index contributed by atoms with van der Waals surface area (Å²) in [4.78, 5) is 11.0. The predicted molar refractivity (Wildman–Crippen MR) is 53.5 cm³/mol. The number of carbonyl (C=O) groups excluding carboxylic acids is 1. The molecule has 12 heavy (non-hydrogen) atoms. The Morgan fingerprint density at radius 1 is 1.42 bits per heavy atom. The monoisotopic (exact) mass is 236 g/mol. The van der Waals surface area contributed by atoms with Gasteiger partial charge in [-0.1, -0.05) is 42.1 Å². The molecule has 0 saturated carbocycles. The van der Waals surface area contributed by atoms with Crippen LogP contribution in [0.1, 0.15) is 39.5 Å². The van der Waals surface area contributed by atoms with Crippen LogP contribution in [0.4, 0.5) is 0 Å². The summed E-state index contributed by atoms with van der Waals surface area (Å²) < 4.78 is 4.85. The molecule has 0 heterocycles. The second-order valence-corrected chi connectivity index (χ2v) is 3.82. The summed E-state index contributed by atoms with van der Waals surface area (Å²) in [6.07, 6.45) is 4.34. The van der Waals surface area contributed by atoms with Crippen LogP contribution in [0, 0.1) is 0 Å². The van der Waals surface area contributed by atoms with E-state index in [9.17, 15) is 4.79 Å². The van der Waals surface area contributed by atoms with Crippen LogP contribution in [-0.2, 0) is 9.53 Å². The highest BCUT2D eigenvalue weighted by Gasteiger charge is 2.14. The number of hydrogen-bond donors (Lipinski definition) is 0. The van der Waals surface area contributed by atoms with Crippen LogP contribution in [-0.4, -0.2) is 17.4 Å². The number of unbranched alkanes of at least 4 members (excludes halogenated alkanes) is 2. The first-order valence-corrected chi connectivity index (χ1v) is 5.44. The van der Waals surface area contributed by atoms with Crippen molar-refractivity contribution in [1.29, 1.82) is 0 Å². The van der Waals surface area contributed by atoms with Gasteiger partial charge in [0.05, 0.1) is 6.61 Å². The first-order chi connectivity index (χ1) is 5.72. The summed E-state index contributed by atoms with van der Waals surface area (Å²) in [5, 5.41) is 0. The van der Waals surface area contributed by atoms with Crippen LogP contribution in [0.5, 0.6) is 0 Å². The van der Waals surface area contributed by atoms with Gasteiger partial charge < -0.3 is 4.74 Å². The van der Waals surface area contributed by atoms with Crippen LogP contribution < -0.4 is 0 Å². The smallest absolute Gasteiger partial charge is 0.319 e. The van der Waals surface area contributed by atoms with Gasteiger partial charge in [-0.25, -0.2) is 0 Å². The Morgan fingerprint density at radius 2 is 2.08 bits per heavy atom. The lowest BCUT2D eigenvalue weighted by atomic mass is 10.1. The Hall–Kier alpha value is -0.0500. The minimum atomic E-state index is -0.131. The molecule has 0 aromatic carbocycles. The molecule has 0 rings (SSSR count). The van der Waals surface area contributed by atoms with E-state index in [1.165, 1.54) is 12.8 Å². The average molecular weight is 237 g/mol. The van der Waals surface area contributed by atoms with Crippen LogP contribution in [0.15, 0.2) is 0 Å². The van der Waals surface area contributed by atoms with E-state index in [1.54, 1.807) is 0 Å². The van der Waals surface area contributed by atoms with Gasteiger partial charge in [0.1, 0.15) is 4.83 Å². The number of halogens is 1. The average Bonchev–Trinajstić information content (AvgIpc) is 2.05. The van der Waals surface area contributed by atoms with E-state index in [4.69, 9.17) is 4.74 Å². The molecule has 0 aromatic heterocycles. The fraction of sp³-hybridized carbons (Fsp3) is 0.889. The molecule has 3 heteroatoms. The fourth-order valence-electron chi connectivity index (χ4n) is 0.924. The zero-order valence-electron chi connectivity index (χ0n) is 7.81.